The van der Waals surface area contributed by atoms with Crippen molar-refractivity contribution in [3.8, 4) is 6.07 Å². The van der Waals surface area contributed by atoms with Crippen molar-refractivity contribution >= 4 is 39.2 Å². The van der Waals surface area contributed by atoms with Crippen LogP contribution in [0.2, 0.25) is 0 Å². The number of carbonyl (C=O) groups excluding carboxylic acids is 1. The number of rotatable bonds is 4. The molecule has 0 fully saturated rings. The Kier molecular flexibility index (Phi) is 5.32. The highest BCUT2D eigenvalue weighted by atomic mass is 79.9. The monoisotopic (exact) mass is 360 g/mol. The van der Waals surface area contributed by atoms with Crippen molar-refractivity contribution in [2.75, 3.05) is 0 Å². The largest absolute Gasteiger partial charge is 0.345 e. The van der Waals surface area contributed by atoms with Crippen LogP contribution in [0.25, 0.3) is 6.08 Å². The predicted octanol–water partition coefficient (Wildman–Crippen LogP) is 4.29. The summed E-state index contributed by atoms with van der Waals surface area (Å²) in [5.74, 6) is -0.365. The van der Waals surface area contributed by atoms with Gasteiger partial charge in [-0.1, -0.05) is 30.3 Å². The molecule has 1 aromatic heterocycles. The van der Waals surface area contributed by atoms with E-state index in [4.69, 9.17) is 5.26 Å². The van der Waals surface area contributed by atoms with Crippen LogP contribution >= 0.6 is 27.3 Å². The summed E-state index contributed by atoms with van der Waals surface area (Å²) in [6.07, 6.45) is 1.59. The molecule has 0 bridgehead atoms. The number of carbonyl (C=O) groups is 1. The molecule has 0 spiro atoms. The van der Waals surface area contributed by atoms with Gasteiger partial charge in [-0.15, -0.1) is 11.3 Å². The quantitative estimate of drug-likeness (QED) is 0.652. The van der Waals surface area contributed by atoms with Crippen LogP contribution in [0.3, 0.4) is 0 Å². The Bertz CT molecular complexity index is 701. The van der Waals surface area contributed by atoms with Crippen LogP contribution in [0, 0.1) is 11.3 Å². The van der Waals surface area contributed by atoms with E-state index in [9.17, 15) is 4.79 Å². The lowest BCUT2D eigenvalue weighted by atomic mass is 10.1. The average Bonchev–Trinajstić information content (AvgIpc) is 2.90. The highest BCUT2D eigenvalue weighted by Crippen LogP contribution is 2.22. The van der Waals surface area contributed by atoms with Crippen molar-refractivity contribution < 1.29 is 4.79 Å². The van der Waals surface area contributed by atoms with E-state index >= 15 is 0 Å². The minimum Gasteiger partial charge on any atom is -0.345 e. The summed E-state index contributed by atoms with van der Waals surface area (Å²) in [5.41, 5.74) is 1.94. The molecule has 5 heteroatoms. The van der Waals surface area contributed by atoms with E-state index in [-0.39, 0.29) is 17.5 Å². The zero-order valence-electron chi connectivity index (χ0n) is 11.3. The molecule has 2 aromatic rings. The molecule has 1 aromatic carbocycles. The van der Waals surface area contributed by atoms with Gasteiger partial charge in [-0.3, -0.25) is 4.79 Å². The molecule has 0 radical (unpaired) electrons. The van der Waals surface area contributed by atoms with Gasteiger partial charge < -0.3 is 5.32 Å². The van der Waals surface area contributed by atoms with Crippen molar-refractivity contribution in [2.45, 2.75) is 13.0 Å². The Morgan fingerprint density at radius 3 is 2.71 bits per heavy atom. The molecule has 0 aliphatic rings. The number of nitriles is 1. The summed E-state index contributed by atoms with van der Waals surface area (Å²) in [6, 6.07) is 13.3. The Morgan fingerprint density at radius 2 is 2.14 bits per heavy atom. The molecule has 1 heterocycles. The van der Waals surface area contributed by atoms with Gasteiger partial charge in [0.25, 0.3) is 5.91 Å². The Hall–Kier alpha value is -1.90. The zero-order chi connectivity index (χ0) is 15.2. The highest BCUT2D eigenvalue weighted by molar-refractivity contribution is 9.11. The van der Waals surface area contributed by atoms with Gasteiger partial charge in [0.2, 0.25) is 0 Å². The molecule has 0 saturated heterocycles. The third kappa shape index (κ3) is 4.28. The van der Waals surface area contributed by atoms with Crippen molar-refractivity contribution in [3.63, 3.8) is 0 Å². The molecule has 21 heavy (non-hydrogen) atoms. The fourth-order valence-electron chi connectivity index (χ4n) is 1.81. The van der Waals surface area contributed by atoms with Gasteiger partial charge in [-0.2, -0.15) is 5.26 Å². The number of hydrogen-bond acceptors (Lipinski definition) is 3. The van der Waals surface area contributed by atoms with Crippen LogP contribution in [0.5, 0.6) is 0 Å². The van der Waals surface area contributed by atoms with E-state index in [2.05, 4.69) is 21.2 Å². The minimum absolute atomic E-state index is 0.100. The molecule has 2 rings (SSSR count). The smallest absolute Gasteiger partial charge is 0.262 e. The van der Waals surface area contributed by atoms with Crippen LogP contribution in [0.4, 0.5) is 0 Å². The maximum atomic E-state index is 12.2. The van der Waals surface area contributed by atoms with Gasteiger partial charge in [-0.05, 0) is 51.5 Å². The maximum Gasteiger partial charge on any atom is 0.262 e. The molecule has 1 N–H and O–H groups in total. The summed E-state index contributed by atoms with van der Waals surface area (Å²) < 4.78 is 0.962. The molecule has 1 amide bonds. The summed E-state index contributed by atoms with van der Waals surface area (Å²) in [5, 5.41) is 13.9. The molecule has 1 unspecified atom stereocenters. The first-order valence-corrected chi connectivity index (χ1v) is 7.99. The number of nitrogens with one attached hydrogen (secondary N) is 1. The van der Waals surface area contributed by atoms with Gasteiger partial charge in [0.1, 0.15) is 11.6 Å². The second-order valence-corrected chi connectivity index (χ2v) is 6.75. The fraction of sp³-hybridized carbons (Fsp3) is 0.125. The van der Waals surface area contributed by atoms with Gasteiger partial charge in [0.15, 0.2) is 0 Å². The first-order valence-electron chi connectivity index (χ1n) is 6.32. The van der Waals surface area contributed by atoms with E-state index < -0.39 is 0 Å². The lowest BCUT2D eigenvalue weighted by molar-refractivity contribution is -0.117. The third-order valence-corrected chi connectivity index (χ3v) is 4.43. The number of nitrogens with zero attached hydrogens (tertiary/aromatic N) is 1. The molecular formula is C16H13BrN2OS. The first kappa shape index (κ1) is 15.5. The second-order valence-electron chi connectivity index (χ2n) is 4.46. The number of thiophene rings is 1. The Labute approximate surface area is 136 Å². The van der Waals surface area contributed by atoms with E-state index in [1.54, 1.807) is 6.08 Å². The van der Waals surface area contributed by atoms with Crippen LogP contribution in [-0.2, 0) is 4.79 Å². The summed E-state index contributed by atoms with van der Waals surface area (Å²) in [7, 11) is 0. The number of benzene rings is 1. The zero-order valence-corrected chi connectivity index (χ0v) is 13.7. The molecule has 0 aliphatic carbocycles. The summed E-state index contributed by atoms with van der Waals surface area (Å²) in [4.78, 5) is 12.2. The van der Waals surface area contributed by atoms with Crippen LogP contribution in [0.15, 0.2) is 51.1 Å². The Morgan fingerprint density at radius 1 is 1.43 bits per heavy atom. The molecule has 3 nitrogen and oxygen atoms in total. The predicted molar refractivity (Wildman–Crippen MR) is 88.6 cm³/mol. The van der Waals surface area contributed by atoms with E-state index in [1.807, 2.05) is 54.8 Å². The maximum absolute atomic E-state index is 12.2. The second kappa shape index (κ2) is 7.21. The van der Waals surface area contributed by atoms with E-state index in [0.717, 1.165) is 14.9 Å². The van der Waals surface area contributed by atoms with Gasteiger partial charge in [-0.25, -0.2) is 0 Å². The number of amides is 1. The standard InChI is InChI=1S/C16H13BrN2OS/c1-11(13-5-3-2-4-6-13)19-16(20)14(9-18)7-12-8-15(17)21-10-12/h2-8,10-11H,1H3,(H,19,20)/b14-7+. The van der Waals surface area contributed by atoms with E-state index in [0.29, 0.717) is 0 Å². The van der Waals surface area contributed by atoms with Crippen molar-refractivity contribution in [2.24, 2.45) is 0 Å². The normalized spacial score (nSPS) is 12.5. The van der Waals surface area contributed by atoms with Crippen LogP contribution < -0.4 is 5.32 Å². The summed E-state index contributed by atoms with van der Waals surface area (Å²) in [6.45, 7) is 1.89. The molecule has 0 aliphatic heterocycles. The highest BCUT2D eigenvalue weighted by Gasteiger charge is 2.13. The SMILES string of the molecule is CC(NC(=O)/C(C#N)=C/c1csc(Br)c1)c1ccccc1. The molecule has 1 atom stereocenters. The summed E-state index contributed by atoms with van der Waals surface area (Å²) >= 11 is 4.87. The lowest BCUT2D eigenvalue weighted by Crippen LogP contribution is -2.27. The molecular weight excluding hydrogens is 348 g/mol. The van der Waals surface area contributed by atoms with Crippen molar-refractivity contribution in [1.29, 1.82) is 5.26 Å². The van der Waals surface area contributed by atoms with Gasteiger partial charge >= 0.3 is 0 Å². The minimum atomic E-state index is -0.365. The third-order valence-electron chi connectivity index (χ3n) is 2.91. The van der Waals surface area contributed by atoms with Crippen molar-refractivity contribution in [3.05, 3.63) is 62.3 Å². The van der Waals surface area contributed by atoms with Crippen LogP contribution in [-0.4, -0.2) is 5.91 Å². The topological polar surface area (TPSA) is 52.9 Å². The molecule has 106 valence electrons. The fourth-order valence-corrected chi connectivity index (χ4v) is 2.95. The van der Waals surface area contributed by atoms with Crippen LogP contribution in [0.1, 0.15) is 24.1 Å². The molecule has 0 saturated carbocycles. The number of halogens is 1. The van der Waals surface area contributed by atoms with Gasteiger partial charge in [0.05, 0.1) is 9.83 Å². The lowest BCUT2D eigenvalue weighted by Gasteiger charge is -2.13. The number of hydrogen-bond donors (Lipinski definition) is 1. The average molecular weight is 361 g/mol. The Balaban J connectivity index is 2.11. The van der Waals surface area contributed by atoms with E-state index in [1.165, 1.54) is 11.3 Å². The van der Waals surface area contributed by atoms with Crippen molar-refractivity contribution in [1.82, 2.24) is 5.32 Å². The first-order chi connectivity index (χ1) is 10.1. The van der Waals surface area contributed by atoms with Gasteiger partial charge in [0, 0.05) is 0 Å².